The molecule has 0 bridgehead atoms. The van der Waals surface area contributed by atoms with E-state index >= 15 is 0 Å². The van der Waals surface area contributed by atoms with Gasteiger partial charge in [-0.1, -0.05) is 24.6 Å². The molecule has 0 spiro atoms. The molecule has 4 nitrogen and oxygen atoms in total. The number of anilines is 2. The number of amidine groups is 1. The number of nitrogens with zero attached hydrogens (tertiary/aromatic N) is 3. The molecule has 0 aromatic heterocycles. The zero-order valence-corrected chi connectivity index (χ0v) is 17.3. The third-order valence-corrected chi connectivity index (χ3v) is 5.05. The van der Waals surface area contributed by atoms with E-state index in [0.29, 0.717) is 10.7 Å². The second-order valence-electron chi connectivity index (χ2n) is 6.31. The van der Waals surface area contributed by atoms with Crippen molar-refractivity contribution in [3.8, 4) is 0 Å². The fourth-order valence-electron chi connectivity index (χ4n) is 3.37. The molecule has 146 valence electrons. The van der Waals surface area contributed by atoms with Gasteiger partial charge in [0.05, 0.1) is 17.1 Å². The van der Waals surface area contributed by atoms with Crippen molar-refractivity contribution in [2.24, 2.45) is 4.99 Å². The molecular weight excluding hydrogens is 410 g/mol. The normalized spacial score (nSPS) is 16.0. The number of rotatable bonds is 1. The number of fused-ring (bicyclic) bond motifs is 2. The molecular formula is C19H22Cl3FN4. The Hall–Kier alpha value is -1.53. The monoisotopic (exact) mass is 430 g/mol. The minimum atomic E-state index is -0.278. The minimum absolute atomic E-state index is 0. The average Bonchev–Trinajstić information content (AvgIpc) is 2.79. The third-order valence-electron chi connectivity index (χ3n) is 4.82. The van der Waals surface area contributed by atoms with E-state index in [-0.39, 0.29) is 30.6 Å². The number of halogens is 4. The van der Waals surface area contributed by atoms with E-state index in [9.17, 15) is 4.39 Å². The van der Waals surface area contributed by atoms with Crippen LogP contribution in [0.1, 0.15) is 12.5 Å². The van der Waals surface area contributed by atoms with Crippen LogP contribution in [0.4, 0.5) is 21.5 Å². The lowest BCUT2D eigenvalue weighted by molar-refractivity contribution is 0.190. The zero-order valence-electron chi connectivity index (χ0n) is 14.9. The van der Waals surface area contributed by atoms with Crippen LogP contribution in [0.2, 0.25) is 5.02 Å². The fraction of sp³-hybridized carbons (Fsp3) is 0.316. The predicted octanol–water partition coefficient (Wildman–Crippen LogP) is 5.10. The van der Waals surface area contributed by atoms with Gasteiger partial charge in [-0.25, -0.2) is 9.38 Å². The summed E-state index contributed by atoms with van der Waals surface area (Å²) < 4.78 is 14.5. The molecule has 2 aliphatic rings. The van der Waals surface area contributed by atoms with E-state index in [4.69, 9.17) is 16.6 Å². The Morgan fingerprint density at radius 3 is 2.56 bits per heavy atom. The van der Waals surface area contributed by atoms with Gasteiger partial charge in [0.1, 0.15) is 11.7 Å². The van der Waals surface area contributed by atoms with E-state index in [2.05, 4.69) is 22.0 Å². The second kappa shape index (κ2) is 9.11. The van der Waals surface area contributed by atoms with Gasteiger partial charge < -0.3 is 15.1 Å². The SMILES string of the molecule is CCN1CCN(C2=Nc3cc(Cl)ccc3Nc3c(F)cccc32)CC1.Cl.Cl. The van der Waals surface area contributed by atoms with Crippen molar-refractivity contribution in [1.82, 2.24) is 9.80 Å². The Labute approximate surface area is 176 Å². The highest BCUT2D eigenvalue weighted by atomic mass is 35.5. The van der Waals surface area contributed by atoms with Crippen molar-refractivity contribution >= 4 is 59.3 Å². The number of hydrogen-bond donors (Lipinski definition) is 1. The zero-order chi connectivity index (χ0) is 17.4. The first-order chi connectivity index (χ1) is 12.2. The van der Waals surface area contributed by atoms with Crippen LogP contribution in [-0.2, 0) is 0 Å². The molecule has 1 fully saturated rings. The highest BCUT2D eigenvalue weighted by Crippen LogP contribution is 2.37. The summed E-state index contributed by atoms with van der Waals surface area (Å²) in [5.74, 6) is 0.527. The second-order valence-corrected chi connectivity index (χ2v) is 6.74. The molecule has 1 saturated heterocycles. The molecule has 0 unspecified atom stereocenters. The van der Waals surface area contributed by atoms with Crippen LogP contribution in [0.3, 0.4) is 0 Å². The summed E-state index contributed by atoms with van der Waals surface area (Å²) in [6.07, 6.45) is 0. The number of hydrogen-bond acceptors (Lipinski definition) is 4. The van der Waals surface area contributed by atoms with Gasteiger partial charge in [-0.05, 0) is 36.9 Å². The summed E-state index contributed by atoms with van der Waals surface area (Å²) in [5, 5.41) is 3.82. The Kier molecular flexibility index (Phi) is 7.34. The van der Waals surface area contributed by atoms with Crippen LogP contribution in [0, 0.1) is 5.82 Å². The number of benzene rings is 2. The van der Waals surface area contributed by atoms with Crippen LogP contribution >= 0.6 is 36.4 Å². The molecule has 2 aromatic carbocycles. The number of nitrogens with one attached hydrogen (secondary N) is 1. The minimum Gasteiger partial charge on any atom is -0.353 e. The fourth-order valence-corrected chi connectivity index (χ4v) is 3.53. The summed E-state index contributed by atoms with van der Waals surface area (Å²) in [4.78, 5) is 9.51. The molecule has 2 aromatic rings. The Morgan fingerprint density at radius 1 is 1.11 bits per heavy atom. The lowest BCUT2D eigenvalue weighted by Gasteiger charge is -2.36. The summed E-state index contributed by atoms with van der Waals surface area (Å²) in [7, 11) is 0. The summed E-state index contributed by atoms with van der Waals surface area (Å²) >= 11 is 6.15. The smallest absolute Gasteiger partial charge is 0.147 e. The van der Waals surface area contributed by atoms with Gasteiger partial charge >= 0.3 is 0 Å². The van der Waals surface area contributed by atoms with Crippen molar-refractivity contribution < 1.29 is 4.39 Å². The number of para-hydroxylation sites is 1. The van der Waals surface area contributed by atoms with Gasteiger partial charge in [-0.15, -0.1) is 24.8 Å². The van der Waals surface area contributed by atoms with E-state index in [0.717, 1.165) is 55.5 Å². The highest BCUT2D eigenvalue weighted by molar-refractivity contribution is 6.31. The summed E-state index contributed by atoms with van der Waals surface area (Å²) in [5.41, 5.74) is 2.76. The largest absolute Gasteiger partial charge is 0.353 e. The van der Waals surface area contributed by atoms with Crippen LogP contribution in [0.15, 0.2) is 41.4 Å². The molecule has 1 N–H and O–H groups in total. The predicted molar refractivity (Wildman–Crippen MR) is 116 cm³/mol. The summed E-state index contributed by atoms with van der Waals surface area (Å²) in [6.45, 7) is 6.93. The number of aliphatic imine (C=N–C) groups is 1. The molecule has 0 atom stereocenters. The van der Waals surface area contributed by atoms with E-state index in [1.54, 1.807) is 12.1 Å². The van der Waals surface area contributed by atoms with Gasteiger partial charge in [0.15, 0.2) is 0 Å². The van der Waals surface area contributed by atoms with Gasteiger partial charge in [0.25, 0.3) is 0 Å². The first-order valence-corrected chi connectivity index (χ1v) is 8.95. The van der Waals surface area contributed by atoms with E-state index in [1.165, 1.54) is 6.07 Å². The van der Waals surface area contributed by atoms with Gasteiger partial charge in [0.2, 0.25) is 0 Å². The first-order valence-electron chi connectivity index (χ1n) is 8.57. The van der Waals surface area contributed by atoms with Crippen LogP contribution < -0.4 is 5.32 Å². The molecule has 0 aliphatic carbocycles. The van der Waals surface area contributed by atoms with E-state index < -0.39 is 0 Å². The van der Waals surface area contributed by atoms with Crippen LogP contribution in [-0.4, -0.2) is 48.4 Å². The molecule has 4 rings (SSSR count). The number of piperazine rings is 1. The maximum absolute atomic E-state index is 14.5. The average molecular weight is 432 g/mol. The molecule has 2 heterocycles. The lowest BCUT2D eigenvalue weighted by Crippen LogP contribution is -2.48. The van der Waals surface area contributed by atoms with Crippen molar-refractivity contribution in [1.29, 1.82) is 0 Å². The lowest BCUT2D eigenvalue weighted by atomic mass is 10.1. The molecule has 0 radical (unpaired) electrons. The van der Waals surface area contributed by atoms with Crippen molar-refractivity contribution in [3.63, 3.8) is 0 Å². The first kappa shape index (κ1) is 21.8. The van der Waals surface area contributed by atoms with Crippen LogP contribution in [0.25, 0.3) is 0 Å². The quantitative estimate of drug-likeness (QED) is 0.682. The van der Waals surface area contributed by atoms with Crippen molar-refractivity contribution in [2.75, 3.05) is 38.0 Å². The number of likely N-dealkylation sites (N-methyl/N-ethyl adjacent to an activating group) is 1. The Morgan fingerprint density at radius 2 is 1.85 bits per heavy atom. The molecule has 27 heavy (non-hydrogen) atoms. The van der Waals surface area contributed by atoms with Crippen molar-refractivity contribution in [2.45, 2.75) is 6.92 Å². The third kappa shape index (κ3) is 4.32. The van der Waals surface area contributed by atoms with Gasteiger partial charge in [-0.3, -0.25) is 0 Å². The Bertz CT molecular complexity index is 836. The maximum Gasteiger partial charge on any atom is 0.147 e. The topological polar surface area (TPSA) is 30.9 Å². The highest BCUT2D eigenvalue weighted by Gasteiger charge is 2.26. The van der Waals surface area contributed by atoms with Gasteiger partial charge in [-0.2, -0.15) is 0 Å². The summed E-state index contributed by atoms with van der Waals surface area (Å²) in [6, 6.07) is 10.6. The van der Waals surface area contributed by atoms with Crippen molar-refractivity contribution in [3.05, 3.63) is 52.8 Å². The molecule has 0 saturated carbocycles. The van der Waals surface area contributed by atoms with Crippen LogP contribution in [0.5, 0.6) is 0 Å². The molecule has 8 heteroatoms. The maximum atomic E-state index is 14.5. The molecule has 2 aliphatic heterocycles. The van der Waals surface area contributed by atoms with E-state index in [1.807, 2.05) is 18.2 Å². The standard InChI is InChI=1S/C19H20ClFN4.2ClH/c1-2-24-8-10-25(11-9-24)19-14-4-3-5-15(21)18(14)22-16-7-6-13(20)12-17(16)23-19;;/h3-7,12,22H,2,8-11H2,1H3;2*1H. The molecule has 0 amide bonds. The van der Waals surface area contributed by atoms with Gasteiger partial charge in [0, 0.05) is 36.8 Å². The Balaban J connectivity index is 0.00000131.